The Morgan fingerprint density at radius 2 is 1.71 bits per heavy atom. The van der Waals surface area contributed by atoms with E-state index in [0.717, 1.165) is 12.8 Å². The molecular weight excluding hydrogens is 290 g/mol. The van der Waals surface area contributed by atoms with Crippen LogP contribution in [0, 0.1) is 0 Å². The molecule has 0 radical (unpaired) electrons. The van der Waals surface area contributed by atoms with E-state index in [1.54, 1.807) is 29.2 Å². The first-order valence-corrected chi connectivity index (χ1v) is 7.00. The number of nitrogens with zero attached hydrogens (tertiary/aromatic N) is 1. The van der Waals surface area contributed by atoms with Gasteiger partial charge < -0.3 is 16.0 Å². The van der Waals surface area contributed by atoms with Gasteiger partial charge in [0.15, 0.2) is 0 Å². The number of carbonyl (C=O) groups excluding carboxylic acids is 2. The quantitative estimate of drug-likeness (QED) is 0.873. The highest BCUT2D eigenvalue weighted by Crippen LogP contribution is 2.33. The van der Waals surface area contributed by atoms with Crippen molar-refractivity contribution in [2.45, 2.75) is 32.2 Å². The molecule has 1 aromatic rings. The van der Waals surface area contributed by atoms with E-state index in [4.69, 9.17) is 5.73 Å². The van der Waals surface area contributed by atoms with E-state index in [9.17, 15) is 9.59 Å². The molecule has 5 nitrogen and oxygen atoms in total. The van der Waals surface area contributed by atoms with Crippen LogP contribution in [-0.2, 0) is 4.79 Å². The van der Waals surface area contributed by atoms with Crippen LogP contribution in [0.4, 0.5) is 5.69 Å². The summed E-state index contributed by atoms with van der Waals surface area (Å²) in [6.07, 6.45) is 1.47. The van der Waals surface area contributed by atoms with Crippen LogP contribution in [-0.4, -0.2) is 35.3 Å². The molecule has 2 amide bonds. The molecule has 116 valence electrons. The maximum Gasteiger partial charge on any atom is 0.253 e. The third-order valence-electron chi connectivity index (χ3n) is 3.68. The Balaban J connectivity index is 0.00000220. The third kappa shape index (κ3) is 3.95. The molecule has 1 saturated carbocycles. The fourth-order valence-electron chi connectivity index (χ4n) is 2.01. The summed E-state index contributed by atoms with van der Waals surface area (Å²) in [5.74, 6) is -0.148. The molecule has 0 bridgehead atoms. The SMILES string of the molecule is CCN(CC)C(=O)c1ccc(NC(=O)C2(N)CC2)cc1.Cl. The number of halogens is 1. The molecule has 0 spiro atoms. The van der Waals surface area contributed by atoms with Crippen molar-refractivity contribution >= 4 is 29.9 Å². The smallest absolute Gasteiger partial charge is 0.253 e. The summed E-state index contributed by atoms with van der Waals surface area (Å²) in [6.45, 7) is 5.27. The van der Waals surface area contributed by atoms with Crippen molar-refractivity contribution in [3.8, 4) is 0 Å². The fourth-order valence-corrected chi connectivity index (χ4v) is 2.01. The summed E-state index contributed by atoms with van der Waals surface area (Å²) >= 11 is 0. The van der Waals surface area contributed by atoms with Crippen LogP contribution in [0.25, 0.3) is 0 Å². The number of hydrogen-bond acceptors (Lipinski definition) is 3. The Morgan fingerprint density at radius 1 is 1.19 bits per heavy atom. The van der Waals surface area contributed by atoms with Gasteiger partial charge in [0.25, 0.3) is 5.91 Å². The Hall–Kier alpha value is -1.59. The fraction of sp³-hybridized carbons (Fsp3) is 0.467. The molecule has 6 heteroatoms. The molecule has 1 aromatic carbocycles. The van der Waals surface area contributed by atoms with E-state index in [2.05, 4.69) is 5.32 Å². The molecule has 0 aromatic heterocycles. The first-order valence-electron chi connectivity index (χ1n) is 7.00. The summed E-state index contributed by atoms with van der Waals surface area (Å²) in [6, 6.07) is 6.93. The largest absolute Gasteiger partial charge is 0.339 e. The van der Waals surface area contributed by atoms with Gasteiger partial charge in [-0.15, -0.1) is 12.4 Å². The van der Waals surface area contributed by atoms with Gasteiger partial charge in [0.1, 0.15) is 0 Å². The molecule has 0 aliphatic heterocycles. The Morgan fingerprint density at radius 3 is 2.14 bits per heavy atom. The lowest BCUT2D eigenvalue weighted by Crippen LogP contribution is -2.37. The van der Waals surface area contributed by atoms with Crippen LogP contribution >= 0.6 is 12.4 Å². The van der Waals surface area contributed by atoms with Crippen LogP contribution < -0.4 is 11.1 Å². The molecule has 0 atom stereocenters. The summed E-state index contributed by atoms with van der Waals surface area (Å²) in [5.41, 5.74) is 6.43. The van der Waals surface area contributed by atoms with Crippen molar-refractivity contribution < 1.29 is 9.59 Å². The zero-order valence-electron chi connectivity index (χ0n) is 12.4. The summed E-state index contributed by atoms with van der Waals surface area (Å²) in [4.78, 5) is 25.7. The van der Waals surface area contributed by atoms with E-state index >= 15 is 0 Å². The van der Waals surface area contributed by atoms with Gasteiger partial charge in [-0.3, -0.25) is 9.59 Å². The Bertz CT molecular complexity index is 508. The molecule has 2 rings (SSSR count). The second-order valence-corrected chi connectivity index (χ2v) is 5.17. The van der Waals surface area contributed by atoms with Crippen molar-refractivity contribution in [2.75, 3.05) is 18.4 Å². The highest BCUT2D eigenvalue weighted by atomic mass is 35.5. The highest BCUT2D eigenvalue weighted by molar-refractivity contribution is 6.00. The van der Waals surface area contributed by atoms with Crippen LogP contribution in [0.2, 0.25) is 0 Å². The van der Waals surface area contributed by atoms with Crippen molar-refractivity contribution in [3.05, 3.63) is 29.8 Å². The molecule has 1 aliphatic rings. The van der Waals surface area contributed by atoms with E-state index < -0.39 is 5.54 Å². The first-order chi connectivity index (χ1) is 9.50. The third-order valence-corrected chi connectivity index (χ3v) is 3.68. The predicted molar refractivity (Wildman–Crippen MR) is 85.7 cm³/mol. The van der Waals surface area contributed by atoms with Gasteiger partial charge in [-0.25, -0.2) is 0 Å². The summed E-state index contributed by atoms with van der Waals surface area (Å²) in [7, 11) is 0. The maximum absolute atomic E-state index is 12.1. The van der Waals surface area contributed by atoms with Crippen molar-refractivity contribution in [1.82, 2.24) is 4.90 Å². The minimum Gasteiger partial charge on any atom is -0.339 e. The van der Waals surface area contributed by atoms with Gasteiger partial charge in [0.2, 0.25) is 5.91 Å². The zero-order chi connectivity index (χ0) is 14.8. The van der Waals surface area contributed by atoms with Crippen LogP contribution in [0.1, 0.15) is 37.0 Å². The average molecular weight is 312 g/mol. The number of carbonyl (C=O) groups is 2. The van der Waals surface area contributed by atoms with E-state index in [0.29, 0.717) is 24.3 Å². The number of amides is 2. The standard InChI is InChI=1S/C15H21N3O2.ClH/c1-3-18(4-2)13(19)11-5-7-12(8-6-11)17-14(20)15(16)9-10-15;/h5-8H,3-4,9-10,16H2,1-2H3,(H,17,20);1H. The minimum absolute atomic E-state index is 0. The van der Waals surface area contributed by atoms with Gasteiger partial charge in [0.05, 0.1) is 5.54 Å². The number of benzene rings is 1. The van der Waals surface area contributed by atoms with E-state index in [1.165, 1.54) is 0 Å². The Labute approximate surface area is 131 Å². The van der Waals surface area contributed by atoms with E-state index in [1.807, 2.05) is 13.8 Å². The number of nitrogens with one attached hydrogen (secondary N) is 1. The van der Waals surface area contributed by atoms with Gasteiger partial charge in [0, 0.05) is 24.3 Å². The normalized spacial score (nSPS) is 14.8. The number of rotatable bonds is 5. The molecule has 3 N–H and O–H groups in total. The molecule has 21 heavy (non-hydrogen) atoms. The molecule has 1 aliphatic carbocycles. The van der Waals surface area contributed by atoms with Crippen molar-refractivity contribution in [3.63, 3.8) is 0 Å². The molecule has 0 unspecified atom stereocenters. The maximum atomic E-state index is 12.1. The number of nitrogens with two attached hydrogens (primary N) is 1. The van der Waals surface area contributed by atoms with Crippen molar-refractivity contribution in [1.29, 1.82) is 0 Å². The summed E-state index contributed by atoms with van der Waals surface area (Å²) < 4.78 is 0. The highest BCUT2D eigenvalue weighted by Gasteiger charge is 2.45. The molecule has 0 saturated heterocycles. The summed E-state index contributed by atoms with van der Waals surface area (Å²) in [5, 5.41) is 2.78. The van der Waals surface area contributed by atoms with Gasteiger partial charge in [-0.2, -0.15) is 0 Å². The first kappa shape index (κ1) is 17.5. The molecular formula is C15H22ClN3O2. The molecule has 1 fully saturated rings. The van der Waals surface area contributed by atoms with Crippen LogP contribution in [0.5, 0.6) is 0 Å². The average Bonchev–Trinajstić information content (AvgIpc) is 3.20. The lowest BCUT2D eigenvalue weighted by molar-refractivity contribution is -0.118. The van der Waals surface area contributed by atoms with Gasteiger partial charge in [-0.05, 0) is 51.0 Å². The van der Waals surface area contributed by atoms with Crippen molar-refractivity contribution in [2.24, 2.45) is 5.73 Å². The Kier molecular flexibility index (Phi) is 5.75. The lowest BCUT2D eigenvalue weighted by atomic mass is 10.1. The topological polar surface area (TPSA) is 75.4 Å². The number of anilines is 1. The molecule has 0 heterocycles. The second-order valence-electron chi connectivity index (χ2n) is 5.17. The van der Waals surface area contributed by atoms with Gasteiger partial charge >= 0.3 is 0 Å². The monoisotopic (exact) mass is 311 g/mol. The van der Waals surface area contributed by atoms with Gasteiger partial charge in [-0.1, -0.05) is 0 Å². The lowest BCUT2D eigenvalue weighted by Gasteiger charge is -2.18. The van der Waals surface area contributed by atoms with Crippen LogP contribution in [0.15, 0.2) is 24.3 Å². The van der Waals surface area contributed by atoms with Crippen LogP contribution in [0.3, 0.4) is 0 Å². The zero-order valence-corrected chi connectivity index (χ0v) is 13.2. The minimum atomic E-state index is -0.685. The predicted octanol–water partition coefficient (Wildman–Crippen LogP) is 2.02. The number of hydrogen-bond donors (Lipinski definition) is 2. The second kappa shape index (κ2) is 6.91. The van der Waals surface area contributed by atoms with E-state index in [-0.39, 0.29) is 24.2 Å².